The molecule has 3 atom stereocenters. The first-order valence-electron chi connectivity index (χ1n) is 6.91. The Morgan fingerprint density at radius 3 is 2.57 bits per heavy atom. The summed E-state index contributed by atoms with van der Waals surface area (Å²) in [4.78, 5) is 4.11. The van der Waals surface area contributed by atoms with Gasteiger partial charge in [-0.15, -0.1) is 0 Å². The van der Waals surface area contributed by atoms with E-state index in [1.165, 1.54) is 18.2 Å². The van der Waals surface area contributed by atoms with Gasteiger partial charge < -0.3 is 15.2 Å². The van der Waals surface area contributed by atoms with E-state index < -0.39 is 28.5 Å². The van der Waals surface area contributed by atoms with Crippen LogP contribution in [0.1, 0.15) is 11.5 Å². The van der Waals surface area contributed by atoms with Gasteiger partial charge in [0, 0.05) is 16.5 Å². The quantitative estimate of drug-likeness (QED) is 0.842. The molecule has 0 aromatic heterocycles. The molecule has 23 heavy (non-hydrogen) atoms. The number of benzene rings is 1. The number of rotatable bonds is 1. The van der Waals surface area contributed by atoms with Crippen molar-refractivity contribution in [3.05, 3.63) is 34.6 Å². The normalized spacial score (nSPS) is 36.2. The summed E-state index contributed by atoms with van der Waals surface area (Å²) in [6, 6.07) is 8.30. The fourth-order valence-electron chi connectivity index (χ4n) is 3.94. The number of ether oxygens (including phenoxy) is 2. The molecular formula is C15H10ClFN4O2. The zero-order chi connectivity index (χ0) is 16.5. The Balaban J connectivity index is 2.00. The third-order valence-corrected chi connectivity index (χ3v) is 5.22. The minimum atomic E-state index is -1.68. The summed E-state index contributed by atoms with van der Waals surface area (Å²) in [5, 5.41) is 19.7. The van der Waals surface area contributed by atoms with Gasteiger partial charge in [0.05, 0.1) is 25.4 Å². The molecule has 2 fully saturated rings. The van der Waals surface area contributed by atoms with Crippen LogP contribution in [0.2, 0.25) is 5.02 Å². The lowest BCUT2D eigenvalue weighted by molar-refractivity contribution is -0.184. The van der Waals surface area contributed by atoms with Crippen molar-refractivity contribution in [1.29, 1.82) is 10.5 Å². The van der Waals surface area contributed by atoms with Crippen LogP contribution in [-0.2, 0) is 9.47 Å². The van der Waals surface area contributed by atoms with Crippen molar-refractivity contribution in [2.75, 3.05) is 13.2 Å². The second-order valence-corrected chi connectivity index (χ2v) is 6.09. The van der Waals surface area contributed by atoms with Gasteiger partial charge in [0.15, 0.2) is 5.41 Å². The Labute approximate surface area is 135 Å². The standard InChI is InChI=1S/C15H10ClFN4O2/c16-8-2-1-3-9(17)10(8)11-13(6-18)12(20)21-15(14(11,13)7-19)22-4-5-23-15/h1-3,11H,4-5H2,(H2,20,21)/t11-,13+,14+/m0/s1. The van der Waals surface area contributed by atoms with Gasteiger partial charge in [-0.25, -0.2) is 9.38 Å². The van der Waals surface area contributed by atoms with Crippen molar-refractivity contribution in [2.24, 2.45) is 21.6 Å². The second kappa shape index (κ2) is 4.21. The molecule has 2 aliphatic heterocycles. The molecule has 3 aliphatic rings. The lowest BCUT2D eigenvalue weighted by Crippen LogP contribution is -2.38. The highest BCUT2D eigenvalue weighted by molar-refractivity contribution is 6.31. The minimum absolute atomic E-state index is 0.0635. The van der Waals surface area contributed by atoms with E-state index in [0.717, 1.165) is 0 Å². The van der Waals surface area contributed by atoms with Crippen molar-refractivity contribution in [3.63, 3.8) is 0 Å². The maximum Gasteiger partial charge on any atom is 0.293 e. The highest BCUT2D eigenvalue weighted by Crippen LogP contribution is 2.82. The zero-order valence-corrected chi connectivity index (χ0v) is 12.5. The first-order chi connectivity index (χ1) is 11.0. The summed E-state index contributed by atoms with van der Waals surface area (Å²) in [7, 11) is 0. The summed E-state index contributed by atoms with van der Waals surface area (Å²) >= 11 is 6.14. The van der Waals surface area contributed by atoms with Crippen LogP contribution in [-0.4, -0.2) is 25.0 Å². The first kappa shape index (κ1) is 14.4. The van der Waals surface area contributed by atoms with Crippen LogP contribution in [0.25, 0.3) is 0 Å². The highest BCUT2D eigenvalue weighted by Gasteiger charge is 2.94. The van der Waals surface area contributed by atoms with E-state index >= 15 is 0 Å². The van der Waals surface area contributed by atoms with Gasteiger partial charge in [0.2, 0.25) is 0 Å². The molecule has 1 aromatic rings. The number of nitrogens with zero attached hydrogens (tertiary/aromatic N) is 3. The third-order valence-electron chi connectivity index (χ3n) is 4.89. The molecular weight excluding hydrogens is 323 g/mol. The Morgan fingerprint density at radius 1 is 1.30 bits per heavy atom. The van der Waals surface area contributed by atoms with E-state index in [2.05, 4.69) is 11.1 Å². The van der Waals surface area contributed by atoms with E-state index in [0.29, 0.717) is 0 Å². The Bertz CT molecular complexity index is 819. The Hall–Kier alpha value is -2.19. The predicted octanol–water partition coefficient (Wildman–Crippen LogP) is 1.67. The first-order valence-corrected chi connectivity index (χ1v) is 7.28. The Morgan fingerprint density at radius 2 is 2.00 bits per heavy atom. The molecule has 1 aromatic carbocycles. The number of aliphatic imine (C=N–C) groups is 1. The predicted molar refractivity (Wildman–Crippen MR) is 76.5 cm³/mol. The molecule has 1 aliphatic carbocycles. The number of hydrogen-bond acceptors (Lipinski definition) is 6. The summed E-state index contributed by atoms with van der Waals surface area (Å²) in [5.74, 6) is -3.29. The van der Waals surface area contributed by atoms with Gasteiger partial charge in [0.25, 0.3) is 5.91 Å². The minimum Gasteiger partial charge on any atom is -0.386 e. The number of amidine groups is 1. The molecule has 1 spiro atoms. The van der Waals surface area contributed by atoms with Crippen molar-refractivity contribution in [1.82, 2.24) is 0 Å². The van der Waals surface area contributed by atoms with Gasteiger partial charge >= 0.3 is 0 Å². The molecule has 0 radical (unpaired) electrons. The molecule has 0 amide bonds. The molecule has 8 heteroatoms. The molecule has 0 unspecified atom stereocenters. The van der Waals surface area contributed by atoms with Crippen molar-refractivity contribution in [2.45, 2.75) is 11.8 Å². The van der Waals surface area contributed by atoms with E-state index in [1.54, 1.807) is 0 Å². The topological polar surface area (TPSA) is 104 Å². The SMILES string of the molecule is N#C[C@@]12C(N)=NC3(OCCO3)[C@]1(C#N)[C@H]2c1c(F)cccc1Cl. The van der Waals surface area contributed by atoms with E-state index in [1.807, 2.05) is 6.07 Å². The smallest absolute Gasteiger partial charge is 0.293 e. The van der Waals surface area contributed by atoms with Crippen molar-refractivity contribution >= 4 is 17.4 Å². The Kier molecular flexibility index (Phi) is 2.64. The van der Waals surface area contributed by atoms with E-state index in [9.17, 15) is 14.9 Å². The summed E-state index contributed by atoms with van der Waals surface area (Å²) in [5.41, 5.74) is 2.95. The largest absolute Gasteiger partial charge is 0.386 e. The number of nitriles is 2. The number of nitrogens with two attached hydrogens (primary N) is 1. The number of fused-ring (bicyclic) bond motifs is 2. The maximum absolute atomic E-state index is 14.4. The summed E-state index contributed by atoms with van der Waals surface area (Å²) in [6.07, 6.45) is 0. The van der Waals surface area contributed by atoms with Crippen LogP contribution in [0.4, 0.5) is 4.39 Å². The molecule has 6 nitrogen and oxygen atoms in total. The molecule has 2 heterocycles. The molecule has 0 bridgehead atoms. The lowest BCUT2D eigenvalue weighted by Gasteiger charge is -2.26. The molecule has 1 saturated heterocycles. The second-order valence-electron chi connectivity index (χ2n) is 5.68. The van der Waals surface area contributed by atoms with Crippen LogP contribution in [0.15, 0.2) is 23.2 Å². The van der Waals surface area contributed by atoms with Crippen LogP contribution in [0.3, 0.4) is 0 Å². The fourth-order valence-corrected chi connectivity index (χ4v) is 4.21. The van der Waals surface area contributed by atoms with E-state index in [4.69, 9.17) is 26.8 Å². The van der Waals surface area contributed by atoms with Gasteiger partial charge in [-0.1, -0.05) is 17.7 Å². The summed E-state index contributed by atoms with van der Waals surface area (Å²) in [6.45, 7) is 0.416. The average molecular weight is 333 g/mol. The monoisotopic (exact) mass is 332 g/mol. The molecule has 4 rings (SSSR count). The van der Waals surface area contributed by atoms with Gasteiger partial charge in [-0.05, 0) is 12.1 Å². The van der Waals surface area contributed by atoms with Crippen molar-refractivity contribution < 1.29 is 13.9 Å². The molecule has 2 N–H and O–H groups in total. The van der Waals surface area contributed by atoms with Crippen LogP contribution >= 0.6 is 11.6 Å². The number of hydrogen-bond donors (Lipinski definition) is 1. The maximum atomic E-state index is 14.4. The number of halogens is 2. The van der Waals surface area contributed by atoms with Gasteiger partial charge in [-0.3, -0.25) is 0 Å². The molecule has 116 valence electrons. The van der Waals surface area contributed by atoms with Crippen LogP contribution in [0, 0.1) is 39.3 Å². The highest BCUT2D eigenvalue weighted by atomic mass is 35.5. The lowest BCUT2D eigenvalue weighted by atomic mass is 9.94. The van der Waals surface area contributed by atoms with Crippen molar-refractivity contribution in [3.8, 4) is 12.1 Å². The van der Waals surface area contributed by atoms with Gasteiger partial charge in [0.1, 0.15) is 17.1 Å². The molecule has 1 saturated carbocycles. The zero-order valence-electron chi connectivity index (χ0n) is 11.7. The summed E-state index contributed by atoms with van der Waals surface area (Å²) < 4.78 is 25.5. The average Bonchev–Trinajstić information content (AvgIpc) is 2.77. The van der Waals surface area contributed by atoms with Gasteiger partial charge in [-0.2, -0.15) is 10.5 Å². The fraction of sp³-hybridized carbons (Fsp3) is 0.400. The van der Waals surface area contributed by atoms with Crippen LogP contribution < -0.4 is 5.73 Å². The van der Waals surface area contributed by atoms with Crippen LogP contribution in [0.5, 0.6) is 0 Å². The third kappa shape index (κ3) is 1.29. The van der Waals surface area contributed by atoms with E-state index in [-0.39, 0.29) is 29.6 Å².